The second kappa shape index (κ2) is 13.6. The van der Waals surface area contributed by atoms with Gasteiger partial charge >= 0.3 is 0 Å². The molecule has 0 bridgehead atoms. The first-order valence-corrected chi connectivity index (χ1v) is 15.5. The van der Waals surface area contributed by atoms with Crippen molar-refractivity contribution in [1.82, 2.24) is 25.1 Å². The topological polar surface area (TPSA) is 85.4 Å². The van der Waals surface area contributed by atoms with Gasteiger partial charge in [-0.3, -0.25) is 5.10 Å². The number of nitrogens with one attached hydrogen (secondary N) is 2. The molecule has 1 aliphatic carbocycles. The van der Waals surface area contributed by atoms with Crippen LogP contribution in [0.2, 0.25) is 0 Å². The molecule has 40 heavy (non-hydrogen) atoms. The molecule has 1 saturated carbocycles. The largest absolute Gasteiger partial charge is 0.493 e. The molecule has 0 atom stereocenters. The smallest absolute Gasteiger partial charge is 0.161 e. The van der Waals surface area contributed by atoms with Crippen LogP contribution in [-0.4, -0.2) is 84.0 Å². The Morgan fingerprint density at radius 3 is 2.50 bits per heavy atom. The maximum absolute atomic E-state index is 6.48. The summed E-state index contributed by atoms with van der Waals surface area (Å²) in [5.74, 6) is 2.61. The number of benzene rings is 1. The molecule has 11 heteroatoms. The number of ether oxygens (including phenoxy) is 1. The van der Waals surface area contributed by atoms with Crippen LogP contribution in [0, 0.1) is 12.8 Å². The Morgan fingerprint density at radius 1 is 0.975 bits per heavy atom. The average molecular weight is 634 g/mol. The summed E-state index contributed by atoms with van der Waals surface area (Å²) in [5, 5.41) is 12.0. The molecular formula is C29H42BrClN8O. The molecule has 3 aliphatic rings. The van der Waals surface area contributed by atoms with Crippen molar-refractivity contribution >= 4 is 56.6 Å². The normalized spacial score (nSPS) is 18.8. The molecule has 4 heterocycles. The summed E-state index contributed by atoms with van der Waals surface area (Å²) in [5.41, 5.74) is 4.54. The first-order chi connectivity index (χ1) is 19.2. The Balaban J connectivity index is 0.00000323. The number of likely N-dealkylation sites (tertiary alicyclic amines) is 1. The molecule has 9 nitrogen and oxygen atoms in total. The lowest BCUT2D eigenvalue weighted by molar-refractivity contribution is 0.209. The minimum Gasteiger partial charge on any atom is -0.493 e. The lowest BCUT2D eigenvalue weighted by Gasteiger charge is -2.38. The van der Waals surface area contributed by atoms with E-state index in [2.05, 4.69) is 75.2 Å². The van der Waals surface area contributed by atoms with Crippen molar-refractivity contribution in [2.24, 2.45) is 5.92 Å². The molecule has 218 valence electrons. The van der Waals surface area contributed by atoms with Crippen LogP contribution < -0.4 is 19.9 Å². The van der Waals surface area contributed by atoms with Gasteiger partial charge in [0.1, 0.15) is 22.5 Å². The quantitative estimate of drug-likeness (QED) is 0.313. The van der Waals surface area contributed by atoms with Gasteiger partial charge in [0.05, 0.1) is 12.0 Å². The van der Waals surface area contributed by atoms with Crippen molar-refractivity contribution in [3.63, 3.8) is 0 Å². The first kappa shape index (κ1) is 29.2. The molecule has 0 radical (unpaired) electrons. The third-order valence-corrected chi connectivity index (χ3v) is 9.29. The van der Waals surface area contributed by atoms with E-state index in [1.54, 1.807) is 6.33 Å². The van der Waals surface area contributed by atoms with Crippen molar-refractivity contribution in [1.29, 1.82) is 0 Å². The Bertz CT molecular complexity index is 1250. The molecular weight excluding hydrogens is 592 g/mol. The van der Waals surface area contributed by atoms with Gasteiger partial charge < -0.3 is 24.8 Å². The van der Waals surface area contributed by atoms with Gasteiger partial charge in [0, 0.05) is 62.8 Å². The van der Waals surface area contributed by atoms with E-state index in [4.69, 9.17) is 4.74 Å². The number of rotatable bonds is 9. The maximum atomic E-state index is 6.48. The van der Waals surface area contributed by atoms with E-state index < -0.39 is 0 Å². The Morgan fingerprint density at radius 2 is 1.73 bits per heavy atom. The van der Waals surface area contributed by atoms with E-state index in [1.807, 2.05) is 0 Å². The Labute approximate surface area is 252 Å². The van der Waals surface area contributed by atoms with Gasteiger partial charge in [0.2, 0.25) is 0 Å². The highest BCUT2D eigenvalue weighted by Crippen LogP contribution is 2.35. The molecule has 1 aromatic carbocycles. The SMILES string of the molecule is Cc1c(NCCN2CCCC2)cc(OCC2CCCCC2)cc1N1CCN(c2ncnc3[nH]nc(Br)c23)CC1.Cl. The molecule has 3 fully saturated rings. The van der Waals surface area contributed by atoms with Crippen LogP contribution in [0.4, 0.5) is 17.2 Å². The summed E-state index contributed by atoms with van der Waals surface area (Å²) in [4.78, 5) is 16.4. The number of hydrogen-bond acceptors (Lipinski definition) is 8. The monoisotopic (exact) mass is 632 g/mol. The van der Waals surface area contributed by atoms with Gasteiger partial charge in [-0.25, -0.2) is 9.97 Å². The van der Waals surface area contributed by atoms with Gasteiger partial charge in [-0.2, -0.15) is 5.10 Å². The van der Waals surface area contributed by atoms with Gasteiger partial charge in [0.15, 0.2) is 5.65 Å². The molecule has 0 spiro atoms. The summed E-state index contributed by atoms with van der Waals surface area (Å²) >= 11 is 3.56. The van der Waals surface area contributed by atoms with Crippen molar-refractivity contribution in [3.8, 4) is 5.75 Å². The van der Waals surface area contributed by atoms with Crippen LogP contribution >= 0.6 is 28.3 Å². The Hall–Kier alpha value is -2.30. The van der Waals surface area contributed by atoms with Crippen molar-refractivity contribution < 1.29 is 4.74 Å². The molecule has 3 aromatic rings. The predicted molar refractivity (Wildman–Crippen MR) is 168 cm³/mol. The lowest BCUT2D eigenvalue weighted by Crippen LogP contribution is -2.47. The highest BCUT2D eigenvalue weighted by molar-refractivity contribution is 9.10. The number of nitrogens with zero attached hydrogens (tertiary/aromatic N) is 6. The van der Waals surface area contributed by atoms with Crippen LogP contribution in [0.25, 0.3) is 11.0 Å². The maximum Gasteiger partial charge on any atom is 0.161 e. The number of hydrogen-bond donors (Lipinski definition) is 2. The zero-order chi connectivity index (χ0) is 26.6. The van der Waals surface area contributed by atoms with Crippen molar-refractivity contribution in [2.75, 3.05) is 74.1 Å². The summed E-state index contributed by atoms with van der Waals surface area (Å²) < 4.78 is 7.24. The predicted octanol–water partition coefficient (Wildman–Crippen LogP) is 5.64. The number of aromatic amines is 1. The molecule has 0 amide bonds. The van der Waals surface area contributed by atoms with Crippen LogP contribution in [-0.2, 0) is 0 Å². The van der Waals surface area contributed by atoms with Gasteiger partial charge in [-0.05, 0) is 73.1 Å². The van der Waals surface area contributed by atoms with E-state index in [9.17, 15) is 0 Å². The second-order valence-electron chi connectivity index (χ2n) is 11.3. The number of fused-ring (bicyclic) bond motifs is 1. The zero-order valence-corrected chi connectivity index (χ0v) is 25.9. The molecule has 2 aliphatic heterocycles. The Kier molecular flexibility index (Phi) is 9.91. The average Bonchev–Trinajstić information content (AvgIpc) is 3.64. The number of aromatic nitrogens is 4. The van der Waals surface area contributed by atoms with E-state index in [0.717, 1.165) is 73.1 Å². The summed E-state index contributed by atoms with van der Waals surface area (Å²) in [7, 11) is 0. The lowest BCUT2D eigenvalue weighted by atomic mass is 9.90. The minimum atomic E-state index is 0. The fourth-order valence-electron chi connectivity index (χ4n) is 6.40. The van der Waals surface area contributed by atoms with Crippen LogP contribution in [0.3, 0.4) is 0 Å². The van der Waals surface area contributed by atoms with Gasteiger partial charge in [-0.15, -0.1) is 12.4 Å². The fraction of sp³-hybridized carbons (Fsp3) is 0.621. The fourth-order valence-corrected chi connectivity index (χ4v) is 6.85. The summed E-state index contributed by atoms with van der Waals surface area (Å²) in [6.07, 6.45) is 10.9. The van der Waals surface area contributed by atoms with Crippen LogP contribution in [0.5, 0.6) is 5.75 Å². The third-order valence-electron chi connectivity index (χ3n) is 8.72. The van der Waals surface area contributed by atoms with E-state index in [1.165, 1.54) is 75.0 Å². The van der Waals surface area contributed by atoms with E-state index in [0.29, 0.717) is 5.92 Å². The first-order valence-electron chi connectivity index (χ1n) is 14.7. The van der Waals surface area contributed by atoms with Crippen LogP contribution in [0.15, 0.2) is 23.1 Å². The van der Waals surface area contributed by atoms with E-state index >= 15 is 0 Å². The highest BCUT2D eigenvalue weighted by Gasteiger charge is 2.24. The van der Waals surface area contributed by atoms with Gasteiger partial charge in [-0.1, -0.05) is 19.3 Å². The molecule has 6 rings (SSSR count). The third kappa shape index (κ3) is 6.60. The minimum absolute atomic E-state index is 0. The summed E-state index contributed by atoms with van der Waals surface area (Å²) in [6.45, 7) is 11.2. The highest BCUT2D eigenvalue weighted by atomic mass is 79.9. The molecule has 2 aromatic heterocycles. The van der Waals surface area contributed by atoms with Crippen molar-refractivity contribution in [2.45, 2.75) is 51.9 Å². The second-order valence-corrected chi connectivity index (χ2v) is 12.1. The number of piperazine rings is 1. The van der Waals surface area contributed by atoms with Crippen LogP contribution in [0.1, 0.15) is 50.5 Å². The summed E-state index contributed by atoms with van der Waals surface area (Å²) in [6, 6.07) is 4.50. The number of halogens is 2. The zero-order valence-electron chi connectivity index (χ0n) is 23.5. The van der Waals surface area contributed by atoms with Gasteiger partial charge in [0.25, 0.3) is 0 Å². The van der Waals surface area contributed by atoms with Crippen molar-refractivity contribution in [3.05, 3.63) is 28.6 Å². The number of anilines is 3. The standard InChI is InChI=1S/C29H41BrN8O.ClH/c1-21-24(31-9-12-36-10-5-6-11-36)17-23(39-19-22-7-3-2-4-8-22)18-25(21)37-13-15-38(16-14-37)29-26-27(30)34-35-28(26)32-20-33-29;/h17-18,20,22,31H,2-16,19H2,1H3,(H,32,33,34,35);1H. The molecule has 2 N–H and O–H groups in total. The number of H-pyrrole nitrogens is 1. The molecule has 2 saturated heterocycles. The van der Waals surface area contributed by atoms with E-state index in [-0.39, 0.29) is 12.4 Å². The molecule has 0 unspecified atom stereocenters.